The summed E-state index contributed by atoms with van der Waals surface area (Å²) >= 11 is 0. The molecule has 0 aromatic carbocycles. The van der Waals surface area contributed by atoms with E-state index in [1.165, 1.54) is 11.9 Å². The summed E-state index contributed by atoms with van der Waals surface area (Å²) in [5, 5.41) is 9.73. The first-order valence-corrected chi connectivity index (χ1v) is 5.71. The van der Waals surface area contributed by atoms with Crippen molar-refractivity contribution in [1.82, 2.24) is 4.90 Å². The van der Waals surface area contributed by atoms with E-state index in [-0.39, 0.29) is 5.92 Å². The molecule has 16 heavy (non-hydrogen) atoms. The zero-order valence-corrected chi connectivity index (χ0v) is 9.80. The molecule has 1 rings (SSSR count). The summed E-state index contributed by atoms with van der Waals surface area (Å²) < 4.78 is 36.4. The SMILES string of the molecule is CC1CCC(O)C(CN(C)CC(F)(F)F)C1. The van der Waals surface area contributed by atoms with Crippen LogP contribution in [0.2, 0.25) is 0 Å². The fourth-order valence-electron chi connectivity index (χ4n) is 2.45. The molecule has 2 nitrogen and oxygen atoms in total. The molecule has 0 aromatic rings. The lowest BCUT2D eigenvalue weighted by Gasteiger charge is -2.34. The van der Waals surface area contributed by atoms with Gasteiger partial charge in [-0.2, -0.15) is 13.2 Å². The second kappa shape index (κ2) is 5.36. The standard InChI is InChI=1S/C11H20F3NO/c1-8-3-4-10(16)9(5-8)6-15(2)7-11(12,13)14/h8-10,16H,3-7H2,1-2H3. The van der Waals surface area contributed by atoms with Gasteiger partial charge in [-0.25, -0.2) is 0 Å². The van der Waals surface area contributed by atoms with Gasteiger partial charge in [0.05, 0.1) is 12.6 Å². The van der Waals surface area contributed by atoms with E-state index in [9.17, 15) is 18.3 Å². The Morgan fingerprint density at radius 2 is 1.94 bits per heavy atom. The number of rotatable bonds is 3. The second-order valence-corrected chi connectivity index (χ2v) is 5.06. The van der Waals surface area contributed by atoms with Crippen molar-refractivity contribution in [2.75, 3.05) is 20.1 Å². The van der Waals surface area contributed by atoms with E-state index >= 15 is 0 Å². The molecule has 96 valence electrons. The highest BCUT2D eigenvalue weighted by atomic mass is 19.4. The normalized spacial score (nSPS) is 32.1. The van der Waals surface area contributed by atoms with Crippen LogP contribution in [0.25, 0.3) is 0 Å². The minimum atomic E-state index is -4.15. The Balaban J connectivity index is 2.40. The highest BCUT2D eigenvalue weighted by Gasteiger charge is 2.32. The quantitative estimate of drug-likeness (QED) is 0.816. The summed E-state index contributed by atoms with van der Waals surface area (Å²) in [5.74, 6) is 0.490. The molecule has 1 N–H and O–H groups in total. The number of aliphatic hydroxyl groups is 1. The maximum Gasteiger partial charge on any atom is 0.401 e. The zero-order valence-electron chi connectivity index (χ0n) is 9.80. The molecule has 0 aliphatic heterocycles. The lowest BCUT2D eigenvalue weighted by Crippen LogP contribution is -2.40. The molecule has 1 aliphatic carbocycles. The highest BCUT2D eigenvalue weighted by molar-refractivity contribution is 4.80. The van der Waals surface area contributed by atoms with Gasteiger partial charge >= 0.3 is 6.18 Å². The van der Waals surface area contributed by atoms with E-state index in [1.54, 1.807) is 0 Å². The third-order valence-corrected chi connectivity index (χ3v) is 3.20. The number of nitrogens with zero attached hydrogens (tertiary/aromatic N) is 1. The lowest BCUT2D eigenvalue weighted by atomic mass is 9.80. The van der Waals surface area contributed by atoms with Crippen molar-refractivity contribution in [3.63, 3.8) is 0 Å². The summed E-state index contributed by atoms with van der Waals surface area (Å²) in [4.78, 5) is 1.26. The van der Waals surface area contributed by atoms with E-state index in [0.717, 1.165) is 12.8 Å². The summed E-state index contributed by atoms with van der Waals surface area (Å²) in [6.45, 7) is 1.51. The molecule has 3 atom stereocenters. The van der Waals surface area contributed by atoms with Gasteiger partial charge in [0.1, 0.15) is 0 Å². The molecule has 0 aromatic heterocycles. The van der Waals surface area contributed by atoms with Crippen LogP contribution >= 0.6 is 0 Å². The number of hydrogen-bond donors (Lipinski definition) is 1. The Labute approximate surface area is 94.4 Å². The van der Waals surface area contributed by atoms with Crippen LogP contribution in [0.1, 0.15) is 26.2 Å². The fraction of sp³-hybridized carbons (Fsp3) is 1.00. The van der Waals surface area contributed by atoms with Gasteiger partial charge < -0.3 is 5.11 Å². The Morgan fingerprint density at radius 3 is 2.50 bits per heavy atom. The van der Waals surface area contributed by atoms with Gasteiger partial charge in [-0.05, 0) is 38.1 Å². The summed E-state index contributed by atoms with van der Waals surface area (Å²) in [6, 6.07) is 0. The molecule has 0 saturated heterocycles. The van der Waals surface area contributed by atoms with Crippen molar-refractivity contribution < 1.29 is 18.3 Å². The molecule has 0 amide bonds. The number of halogens is 3. The van der Waals surface area contributed by atoms with Gasteiger partial charge in [-0.1, -0.05) is 6.92 Å². The number of alkyl halides is 3. The van der Waals surface area contributed by atoms with E-state index < -0.39 is 18.8 Å². The van der Waals surface area contributed by atoms with E-state index in [0.29, 0.717) is 18.9 Å². The predicted molar refractivity (Wildman–Crippen MR) is 56.1 cm³/mol. The van der Waals surface area contributed by atoms with Gasteiger partial charge in [0.15, 0.2) is 0 Å². The minimum absolute atomic E-state index is 0.0175. The van der Waals surface area contributed by atoms with Gasteiger partial charge in [-0.3, -0.25) is 4.90 Å². The molecule has 0 radical (unpaired) electrons. The van der Waals surface area contributed by atoms with Crippen molar-refractivity contribution in [3.05, 3.63) is 0 Å². The van der Waals surface area contributed by atoms with Crippen LogP contribution in [0.5, 0.6) is 0 Å². The molecule has 0 bridgehead atoms. The summed E-state index contributed by atoms with van der Waals surface area (Å²) in [7, 11) is 1.46. The van der Waals surface area contributed by atoms with Crippen molar-refractivity contribution in [2.24, 2.45) is 11.8 Å². The van der Waals surface area contributed by atoms with Gasteiger partial charge in [0.25, 0.3) is 0 Å². The molecular weight excluding hydrogens is 219 g/mol. The Bertz CT molecular complexity index is 220. The van der Waals surface area contributed by atoms with Gasteiger partial charge in [0, 0.05) is 6.54 Å². The van der Waals surface area contributed by atoms with Gasteiger partial charge in [-0.15, -0.1) is 0 Å². The predicted octanol–water partition coefficient (Wildman–Crippen LogP) is 2.28. The molecule has 1 aliphatic rings. The van der Waals surface area contributed by atoms with Crippen LogP contribution < -0.4 is 0 Å². The third-order valence-electron chi connectivity index (χ3n) is 3.20. The van der Waals surface area contributed by atoms with Crippen LogP contribution in [0.3, 0.4) is 0 Å². The van der Waals surface area contributed by atoms with Crippen molar-refractivity contribution in [1.29, 1.82) is 0 Å². The zero-order chi connectivity index (χ0) is 12.3. The summed E-state index contributed by atoms with van der Waals surface area (Å²) in [5.41, 5.74) is 0. The Morgan fingerprint density at radius 1 is 1.31 bits per heavy atom. The van der Waals surface area contributed by atoms with Crippen molar-refractivity contribution in [3.8, 4) is 0 Å². The minimum Gasteiger partial charge on any atom is -0.393 e. The van der Waals surface area contributed by atoms with Gasteiger partial charge in [0.2, 0.25) is 0 Å². The third kappa shape index (κ3) is 4.70. The van der Waals surface area contributed by atoms with Crippen LogP contribution in [0.15, 0.2) is 0 Å². The van der Waals surface area contributed by atoms with Crippen molar-refractivity contribution >= 4 is 0 Å². The molecule has 5 heteroatoms. The largest absolute Gasteiger partial charge is 0.401 e. The smallest absolute Gasteiger partial charge is 0.393 e. The molecule has 1 saturated carbocycles. The molecule has 3 unspecified atom stereocenters. The van der Waals surface area contributed by atoms with Crippen LogP contribution in [0, 0.1) is 11.8 Å². The maximum absolute atomic E-state index is 12.1. The maximum atomic E-state index is 12.1. The summed E-state index contributed by atoms with van der Waals surface area (Å²) in [6.07, 6.45) is -2.08. The first kappa shape index (κ1) is 13.8. The Kier molecular flexibility index (Phi) is 4.62. The lowest BCUT2D eigenvalue weighted by molar-refractivity contribution is -0.145. The Hall–Kier alpha value is -0.290. The van der Waals surface area contributed by atoms with Crippen LogP contribution in [-0.2, 0) is 0 Å². The average molecular weight is 239 g/mol. The molecular formula is C11H20F3NO. The highest BCUT2D eigenvalue weighted by Crippen LogP contribution is 2.30. The van der Waals surface area contributed by atoms with E-state index in [1.807, 2.05) is 0 Å². The van der Waals surface area contributed by atoms with Crippen LogP contribution in [-0.4, -0.2) is 42.4 Å². The van der Waals surface area contributed by atoms with E-state index in [4.69, 9.17) is 0 Å². The monoisotopic (exact) mass is 239 g/mol. The average Bonchev–Trinajstić information content (AvgIpc) is 2.08. The number of hydrogen-bond acceptors (Lipinski definition) is 2. The fourth-order valence-corrected chi connectivity index (χ4v) is 2.45. The second-order valence-electron chi connectivity index (χ2n) is 5.06. The first-order valence-electron chi connectivity index (χ1n) is 5.71. The number of aliphatic hydroxyl groups excluding tert-OH is 1. The van der Waals surface area contributed by atoms with Crippen LogP contribution in [0.4, 0.5) is 13.2 Å². The molecule has 0 spiro atoms. The first-order chi connectivity index (χ1) is 7.28. The van der Waals surface area contributed by atoms with Crippen molar-refractivity contribution in [2.45, 2.75) is 38.5 Å². The molecule has 0 heterocycles. The molecule has 1 fully saturated rings. The topological polar surface area (TPSA) is 23.5 Å². The van der Waals surface area contributed by atoms with E-state index in [2.05, 4.69) is 6.92 Å².